The van der Waals surface area contributed by atoms with Crippen LogP contribution in [0.15, 0.2) is 24.3 Å². The van der Waals surface area contributed by atoms with E-state index >= 15 is 0 Å². The van der Waals surface area contributed by atoms with Gasteiger partial charge in [-0.2, -0.15) is 0 Å². The first-order chi connectivity index (χ1) is 9.09. The second-order valence-corrected chi connectivity index (χ2v) is 4.88. The van der Waals surface area contributed by atoms with Crippen molar-refractivity contribution in [2.24, 2.45) is 0 Å². The fourth-order valence-electron chi connectivity index (χ4n) is 2.15. The Morgan fingerprint density at radius 3 is 2.68 bits per heavy atom. The third kappa shape index (κ3) is 3.12. The zero-order chi connectivity index (χ0) is 13.8. The first-order valence-electron chi connectivity index (χ1n) is 6.44. The summed E-state index contributed by atoms with van der Waals surface area (Å²) in [7, 11) is 3.39. The molecule has 0 saturated carbocycles. The quantitative estimate of drug-likeness (QED) is 0.856. The number of nitrogens with one attached hydrogen (secondary N) is 2. The summed E-state index contributed by atoms with van der Waals surface area (Å²) in [4.78, 5) is 25.6. The summed E-state index contributed by atoms with van der Waals surface area (Å²) in [5.41, 5.74) is 1.08. The Bertz CT molecular complexity index is 479. The van der Waals surface area contributed by atoms with Crippen LogP contribution in [0.2, 0.25) is 0 Å². The number of benzene rings is 1. The highest BCUT2D eigenvalue weighted by molar-refractivity contribution is 6.04. The molecule has 0 spiro atoms. The van der Waals surface area contributed by atoms with Crippen LogP contribution < -0.4 is 10.6 Å². The smallest absolute Gasteiger partial charge is 0.255 e. The number of hydrogen-bond acceptors (Lipinski definition) is 3. The van der Waals surface area contributed by atoms with Crippen LogP contribution >= 0.6 is 0 Å². The highest BCUT2D eigenvalue weighted by Gasteiger charge is 2.23. The van der Waals surface area contributed by atoms with Crippen LogP contribution in [0.1, 0.15) is 23.2 Å². The van der Waals surface area contributed by atoms with Gasteiger partial charge in [-0.25, -0.2) is 0 Å². The van der Waals surface area contributed by atoms with Gasteiger partial charge in [-0.15, -0.1) is 0 Å². The van der Waals surface area contributed by atoms with Crippen molar-refractivity contribution in [3.05, 3.63) is 29.8 Å². The summed E-state index contributed by atoms with van der Waals surface area (Å²) in [6.07, 6.45) is 1.85. The lowest BCUT2D eigenvalue weighted by Gasteiger charge is -2.16. The molecule has 1 aliphatic rings. The first kappa shape index (κ1) is 13.5. The van der Waals surface area contributed by atoms with Gasteiger partial charge < -0.3 is 15.5 Å². The van der Waals surface area contributed by atoms with Gasteiger partial charge in [0.2, 0.25) is 5.91 Å². The van der Waals surface area contributed by atoms with E-state index in [0.717, 1.165) is 19.4 Å². The predicted molar refractivity (Wildman–Crippen MR) is 74.1 cm³/mol. The minimum atomic E-state index is -0.150. The molecular weight excluding hydrogens is 242 g/mol. The highest BCUT2D eigenvalue weighted by atomic mass is 16.2. The van der Waals surface area contributed by atoms with Crippen molar-refractivity contribution in [1.82, 2.24) is 10.2 Å². The fourth-order valence-corrected chi connectivity index (χ4v) is 2.15. The normalized spacial score (nSPS) is 18.1. The zero-order valence-corrected chi connectivity index (χ0v) is 11.3. The number of carbonyl (C=O) groups is 2. The largest absolute Gasteiger partial charge is 0.345 e. The van der Waals surface area contributed by atoms with Gasteiger partial charge in [0.1, 0.15) is 0 Å². The van der Waals surface area contributed by atoms with E-state index in [1.165, 1.54) is 4.90 Å². The molecule has 2 amide bonds. The summed E-state index contributed by atoms with van der Waals surface area (Å²) < 4.78 is 0. The van der Waals surface area contributed by atoms with E-state index in [9.17, 15) is 9.59 Å². The number of rotatable bonds is 3. The van der Waals surface area contributed by atoms with Crippen molar-refractivity contribution >= 4 is 17.5 Å². The Labute approximate surface area is 113 Å². The number of hydrogen-bond donors (Lipinski definition) is 2. The molecule has 5 heteroatoms. The van der Waals surface area contributed by atoms with E-state index in [1.807, 2.05) is 6.07 Å². The molecule has 5 nitrogen and oxygen atoms in total. The topological polar surface area (TPSA) is 61.4 Å². The number of para-hydroxylation sites is 1. The van der Waals surface area contributed by atoms with Crippen LogP contribution in [-0.4, -0.2) is 43.4 Å². The molecule has 1 aromatic carbocycles. The highest BCUT2D eigenvalue weighted by Crippen LogP contribution is 2.17. The van der Waals surface area contributed by atoms with Crippen LogP contribution in [0.25, 0.3) is 0 Å². The van der Waals surface area contributed by atoms with Crippen LogP contribution in [0.5, 0.6) is 0 Å². The second-order valence-electron chi connectivity index (χ2n) is 4.88. The standard InChI is InChI=1S/C14H19N3O2/c1-17(2)14(19)10-6-3-4-7-11(10)16-13(18)12-8-5-9-15-12/h3-4,6-7,12,15H,5,8-9H2,1-2H3,(H,16,18)/t12-/m0/s1. The third-order valence-electron chi connectivity index (χ3n) is 3.20. The molecule has 0 radical (unpaired) electrons. The van der Waals surface area contributed by atoms with E-state index in [-0.39, 0.29) is 17.9 Å². The molecular formula is C14H19N3O2. The zero-order valence-electron chi connectivity index (χ0n) is 11.3. The first-order valence-corrected chi connectivity index (χ1v) is 6.44. The maximum absolute atomic E-state index is 12.1. The molecule has 1 fully saturated rings. The van der Waals surface area contributed by atoms with Crippen LogP contribution in [0.3, 0.4) is 0 Å². The lowest BCUT2D eigenvalue weighted by molar-refractivity contribution is -0.117. The second kappa shape index (κ2) is 5.84. The summed E-state index contributed by atoms with van der Waals surface area (Å²) in [6, 6.07) is 6.93. The molecule has 2 N–H and O–H groups in total. The van der Waals surface area contributed by atoms with Crippen LogP contribution in [0, 0.1) is 0 Å². The predicted octanol–water partition coefficient (Wildman–Crippen LogP) is 1.08. The van der Waals surface area contributed by atoms with E-state index in [2.05, 4.69) is 10.6 Å². The maximum atomic E-state index is 12.1. The summed E-state index contributed by atoms with van der Waals surface area (Å²) >= 11 is 0. The van der Waals surface area contributed by atoms with Crippen molar-refractivity contribution in [2.45, 2.75) is 18.9 Å². The van der Waals surface area contributed by atoms with E-state index in [4.69, 9.17) is 0 Å². The Kier molecular flexibility index (Phi) is 4.16. The lowest BCUT2D eigenvalue weighted by Crippen LogP contribution is -2.36. The molecule has 1 heterocycles. The molecule has 1 aromatic rings. The minimum absolute atomic E-state index is 0.0727. The lowest BCUT2D eigenvalue weighted by atomic mass is 10.1. The monoisotopic (exact) mass is 261 g/mol. The van der Waals surface area contributed by atoms with Gasteiger partial charge >= 0.3 is 0 Å². The Morgan fingerprint density at radius 2 is 2.05 bits per heavy atom. The average molecular weight is 261 g/mol. The Morgan fingerprint density at radius 1 is 1.32 bits per heavy atom. The molecule has 2 rings (SSSR count). The summed E-state index contributed by atoms with van der Waals surface area (Å²) in [5.74, 6) is -0.188. The number of carbonyl (C=O) groups excluding carboxylic acids is 2. The van der Waals surface area contributed by atoms with Crippen LogP contribution in [0.4, 0.5) is 5.69 Å². The molecule has 102 valence electrons. The molecule has 1 aliphatic heterocycles. The van der Waals surface area contributed by atoms with Gasteiger partial charge in [-0.3, -0.25) is 9.59 Å². The van der Waals surface area contributed by atoms with E-state index in [1.54, 1.807) is 32.3 Å². The van der Waals surface area contributed by atoms with Crippen molar-refractivity contribution < 1.29 is 9.59 Å². The number of nitrogens with zero attached hydrogens (tertiary/aromatic N) is 1. The van der Waals surface area contributed by atoms with Gasteiger partial charge in [0.15, 0.2) is 0 Å². The third-order valence-corrected chi connectivity index (χ3v) is 3.20. The molecule has 0 aromatic heterocycles. The average Bonchev–Trinajstić information content (AvgIpc) is 2.92. The summed E-state index contributed by atoms with van der Waals surface area (Å²) in [5, 5.41) is 5.98. The molecule has 1 saturated heterocycles. The van der Waals surface area contributed by atoms with Gasteiger partial charge in [0.25, 0.3) is 5.91 Å². The SMILES string of the molecule is CN(C)C(=O)c1ccccc1NC(=O)[C@@H]1CCCN1. The molecule has 0 aliphatic carbocycles. The maximum Gasteiger partial charge on any atom is 0.255 e. The van der Waals surface area contributed by atoms with Crippen LogP contribution in [-0.2, 0) is 4.79 Å². The molecule has 1 atom stereocenters. The van der Waals surface area contributed by atoms with Gasteiger partial charge in [0, 0.05) is 14.1 Å². The van der Waals surface area contributed by atoms with Gasteiger partial charge in [-0.05, 0) is 31.5 Å². The Hall–Kier alpha value is -1.88. The molecule has 0 bridgehead atoms. The van der Waals surface area contributed by atoms with Gasteiger partial charge in [-0.1, -0.05) is 12.1 Å². The number of anilines is 1. The Balaban J connectivity index is 2.15. The number of amides is 2. The fraction of sp³-hybridized carbons (Fsp3) is 0.429. The summed E-state index contributed by atoms with van der Waals surface area (Å²) in [6.45, 7) is 0.871. The van der Waals surface area contributed by atoms with E-state index in [0.29, 0.717) is 11.3 Å². The van der Waals surface area contributed by atoms with Crippen molar-refractivity contribution in [3.63, 3.8) is 0 Å². The molecule has 19 heavy (non-hydrogen) atoms. The minimum Gasteiger partial charge on any atom is -0.345 e. The van der Waals surface area contributed by atoms with Gasteiger partial charge in [0.05, 0.1) is 17.3 Å². The van der Waals surface area contributed by atoms with Crippen molar-refractivity contribution in [1.29, 1.82) is 0 Å². The molecule has 0 unspecified atom stereocenters. The van der Waals surface area contributed by atoms with E-state index < -0.39 is 0 Å². The van der Waals surface area contributed by atoms with Crippen molar-refractivity contribution in [2.75, 3.05) is 26.0 Å². The van der Waals surface area contributed by atoms with Crippen molar-refractivity contribution in [3.8, 4) is 0 Å².